The van der Waals surface area contributed by atoms with Crippen LogP contribution >= 0.6 is 0 Å². The fraction of sp³-hybridized carbons (Fsp3) is 1.00. The van der Waals surface area contributed by atoms with Crippen molar-refractivity contribution in [2.45, 2.75) is 329 Å². The van der Waals surface area contributed by atoms with Gasteiger partial charge in [0.15, 0.2) is 0 Å². The van der Waals surface area contributed by atoms with E-state index in [1.165, 1.54) is 328 Å². The summed E-state index contributed by atoms with van der Waals surface area (Å²) in [6, 6.07) is 0. The Morgan fingerprint density at radius 2 is 0.302 bits per heavy atom. The quantitative estimate of drug-likeness (QED) is 0.0445. The molecule has 0 fully saturated rings. The predicted octanol–water partition coefficient (Wildman–Crippen LogP) is 20.2. The monoisotopic (exact) mass is 919 g/mol. The standard InChI is InChI=1S/C57H120N3S.2FH/c1-7-10-13-16-19-22-25-28-31-34-37-40-43-46-49-52-55-58(4)61(59(5)56-53-50-47-44-41-38-35-32-29-26-23-20-17-14-11-8-2)60(6)57-54-51-48-45-42-39-36-33-30-27-24-21-18-15-12-9-3;;/h7-57H2,1-6H3;2*1H/q+1;;. The Labute approximate surface area is 401 Å². The summed E-state index contributed by atoms with van der Waals surface area (Å²) in [6.07, 6.45) is 69.5. The Kier molecular flexibility index (Phi) is 62.2. The molecule has 0 aromatic heterocycles. The predicted molar refractivity (Wildman–Crippen MR) is 289 cm³/mol. The van der Waals surface area contributed by atoms with E-state index in [2.05, 4.69) is 54.8 Å². The van der Waals surface area contributed by atoms with Gasteiger partial charge in [0.1, 0.15) is 0 Å². The van der Waals surface area contributed by atoms with Crippen molar-refractivity contribution >= 4 is 11.5 Å². The summed E-state index contributed by atoms with van der Waals surface area (Å²) in [5.74, 6) is 0. The number of halogens is 2. The van der Waals surface area contributed by atoms with Crippen LogP contribution in [0.15, 0.2) is 0 Å². The zero-order valence-corrected chi connectivity index (χ0v) is 45.4. The zero-order valence-electron chi connectivity index (χ0n) is 44.6. The highest BCUT2D eigenvalue weighted by molar-refractivity contribution is 7.90. The third-order valence-electron chi connectivity index (χ3n) is 13.8. The second-order valence-corrected chi connectivity index (χ2v) is 22.6. The van der Waals surface area contributed by atoms with Crippen LogP contribution in [0, 0.1) is 0 Å². The van der Waals surface area contributed by atoms with Gasteiger partial charge in [0, 0.05) is 40.8 Å². The molecule has 0 unspecified atom stereocenters. The Morgan fingerprint density at radius 3 is 0.429 bits per heavy atom. The molecule has 0 aromatic rings. The van der Waals surface area contributed by atoms with Crippen molar-refractivity contribution in [3.63, 3.8) is 0 Å². The van der Waals surface area contributed by atoms with E-state index in [1.54, 1.807) is 0 Å². The number of hydrogen-bond acceptors (Lipinski definition) is 3. The Morgan fingerprint density at radius 1 is 0.190 bits per heavy atom. The van der Waals surface area contributed by atoms with Crippen LogP contribution in [0.3, 0.4) is 0 Å². The molecule has 0 atom stereocenters. The summed E-state index contributed by atoms with van der Waals surface area (Å²) in [5, 5.41) is 0. The Bertz CT molecular complexity index is 691. The van der Waals surface area contributed by atoms with Crippen LogP contribution in [0.5, 0.6) is 0 Å². The van der Waals surface area contributed by atoms with E-state index >= 15 is 0 Å². The van der Waals surface area contributed by atoms with E-state index in [-0.39, 0.29) is 20.9 Å². The minimum absolute atomic E-state index is 0. The van der Waals surface area contributed by atoms with Crippen molar-refractivity contribution in [1.82, 2.24) is 12.9 Å². The number of rotatable bonds is 54. The third kappa shape index (κ3) is 51.3. The van der Waals surface area contributed by atoms with Gasteiger partial charge in [-0.25, -0.2) is 0 Å². The molecule has 3 nitrogen and oxygen atoms in total. The average molecular weight is 920 g/mol. The highest BCUT2D eigenvalue weighted by Gasteiger charge is 2.36. The molecule has 0 radical (unpaired) electrons. The summed E-state index contributed by atoms with van der Waals surface area (Å²) in [5.41, 5.74) is 0. The fourth-order valence-electron chi connectivity index (χ4n) is 9.61. The smallest absolute Gasteiger partial charge is 0.267 e. The molecule has 0 aromatic carbocycles. The van der Waals surface area contributed by atoms with E-state index in [9.17, 15) is 0 Å². The van der Waals surface area contributed by atoms with Crippen molar-refractivity contribution in [2.75, 3.05) is 40.8 Å². The summed E-state index contributed by atoms with van der Waals surface area (Å²) in [4.78, 5) is 0. The first-order chi connectivity index (χ1) is 30.1. The molecule has 384 valence electrons. The molecule has 63 heavy (non-hydrogen) atoms. The first kappa shape index (κ1) is 67.4. The highest BCUT2D eigenvalue weighted by atomic mass is 32.2. The normalized spacial score (nSPS) is 11.7. The second-order valence-electron chi connectivity index (χ2n) is 20.2. The highest BCUT2D eigenvalue weighted by Crippen LogP contribution is 2.20. The molecule has 6 heteroatoms. The molecule has 0 aliphatic rings. The van der Waals surface area contributed by atoms with Gasteiger partial charge in [0.2, 0.25) is 0 Å². The van der Waals surface area contributed by atoms with E-state index in [0.29, 0.717) is 0 Å². The van der Waals surface area contributed by atoms with E-state index in [1.807, 2.05) is 0 Å². The Balaban J connectivity index is -0.0000180. The van der Waals surface area contributed by atoms with Gasteiger partial charge in [-0.05, 0) is 19.3 Å². The number of unbranched alkanes of at least 4 members (excludes halogenated alkanes) is 45. The molecule has 0 N–H and O–H groups in total. The lowest BCUT2D eigenvalue weighted by atomic mass is 10.0. The van der Waals surface area contributed by atoms with Gasteiger partial charge in [-0.3, -0.25) is 9.41 Å². The molecule has 0 aliphatic heterocycles. The molecule has 0 aliphatic carbocycles. The van der Waals surface area contributed by atoms with Crippen molar-refractivity contribution in [3.05, 3.63) is 0 Å². The van der Waals surface area contributed by atoms with Crippen LogP contribution in [-0.4, -0.2) is 53.7 Å². The zero-order chi connectivity index (χ0) is 44.4. The summed E-state index contributed by atoms with van der Waals surface area (Å²) < 4.78 is 8.17. The average Bonchev–Trinajstić information content (AvgIpc) is 3.26. The molecule has 0 rings (SSSR count). The van der Waals surface area contributed by atoms with Crippen LogP contribution in [0.25, 0.3) is 0 Å². The maximum absolute atomic E-state index is 2.72. The van der Waals surface area contributed by atoms with Crippen LogP contribution < -0.4 is 0 Å². The van der Waals surface area contributed by atoms with Crippen molar-refractivity contribution in [1.29, 1.82) is 0 Å². The van der Waals surface area contributed by atoms with Crippen LogP contribution in [0.4, 0.5) is 9.41 Å². The van der Waals surface area contributed by atoms with Gasteiger partial charge < -0.3 is 0 Å². The minimum Gasteiger partial charge on any atom is -0.269 e. The Hall–Kier alpha value is 0.0900. The van der Waals surface area contributed by atoms with Gasteiger partial charge in [-0.15, -0.1) is 0 Å². The molecule has 0 heterocycles. The van der Waals surface area contributed by atoms with Crippen molar-refractivity contribution in [2.24, 2.45) is 0 Å². The van der Waals surface area contributed by atoms with E-state index < -0.39 is 0 Å². The lowest BCUT2D eigenvalue weighted by Gasteiger charge is -2.28. The molecule has 0 spiro atoms. The topological polar surface area (TPSA) is 9.72 Å². The first-order valence-corrected chi connectivity index (χ1v) is 30.1. The second kappa shape index (κ2) is 58.2. The lowest BCUT2D eigenvalue weighted by molar-refractivity contribution is 0.385. The van der Waals surface area contributed by atoms with Crippen LogP contribution in [0.2, 0.25) is 0 Å². The fourth-order valence-corrected chi connectivity index (χ4v) is 11.9. The SMILES string of the molecule is CCCCCCCCCCCCCCCCCCN(C)[S+](N(C)CCCCCCCCCCCCCCCCCC)N(C)CCCCCCCCCCCCCCCCCC.F.F. The molecule has 0 amide bonds. The molecular formula is C57H122F2N3S+. The summed E-state index contributed by atoms with van der Waals surface area (Å²) >= 11 is 0.0874. The van der Waals surface area contributed by atoms with Gasteiger partial charge in [-0.2, -0.15) is 0 Å². The van der Waals surface area contributed by atoms with Gasteiger partial charge in [0.05, 0.1) is 0 Å². The number of nitrogens with zero attached hydrogens (tertiary/aromatic N) is 3. The van der Waals surface area contributed by atoms with E-state index in [0.717, 1.165) is 0 Å². The number of hydrogen-bond donors (Lipinski definition) is 0. The largest absolute Gasteiger partial charge is 0.269 e. The van der Waals surface area contributed by atoms with Gasteiger partial charge >= 0.3 is 0 Å². The maximum atomic E-state index is 2.72. The third-order valence-corrected chi connectivity index (χ3v) is 16.0. The first-order valence-electron chi connectivity index (χ1n) is 29.0. The van der Waals surface area contributed by atoms with Gasteiger partial charge in [-0.1, -0.05) is 323 Å². The molecule has 0 saturated carbocycles. The van der Waals surface area contributed by atoms with Gasteiger partial charge in [0.25, 0.3) is 11.5 Å². The van der Waals surface area contributed by atoms with Crippen molar-refractivity contribution < 1.29 is 9.41 Å². The minimum atomic E-state index is 0. The van der Waals surface area contributed by atoms with Crippen LogP contribution in [0.1, 0.15) is 329 Å². The molecular weight excluding hydrogens is 797 g/mol. The van der Waals surface area contributed by atoms with Crippen LogP contribution in [-0.2, 0) is 11.5 Å². The van der Waals surface area contributed by atoms with Crippen molar-refractivity contribution in [3.8, 4) is 0 Å². The summed E-state index contributed by atoms with van der Waals surface area (Å²) in [7, 11) is 7.30. The summed E-state index contributed by atoms with van der Waals surface area (Å²) in [6.45, 7) is 10.7. The molecule has 0 bridgehead atoms. The lowest BCUT2D eigenvalue weighted by Crippen LogP contribution is -2.50. The molecule has 0 saturated heterocycles. The maximum Gasteiger partial charge on any atom is 0.267 e. The van der Waals surface area contributed by atoms with E-state index in [4.69, 9.17) is 0 Å².